The standard InChI is InChI=1S/C12H24N2/c1-5-9(2)12(13)11-8-14(4)7-6-10(11)3/h9,12H,5-8,13H2,1-4H3. The Balaban J connectivity index is 2.73. The molecule has 0 amide bonds. The highest BCUT2D eigenvalue weighted by Gasteiger charge is 2.21. The molecule has 2 heteroatoms. The Morgan fingerprint density at radius 3 is 2.71 bits per heavy atom. The average Bonchev–Trinajstić information content (AvgIpc) is 2.19. The highest BCUT2D eigenvalue weighted by atomic mass is 15.1. The summed E-state index contributed by atoms with van der Waals surface area (Å²) < 4.78 is 0. The van der Waals surface area contributed by atoms with Crippen LogP contribution in [-0.4, -0.2) is 31.1 Å². The highest BCUT2D eigenvalue weighted by Crippen LogP contribution is 2.23. The summed E-state index contributed by atoms with van der Waals surface area (Å²) >= 11 is 0. The van der Waals surface area contributed by atoms with Crippen molar-refractivity contribution in [3.8, 4) is 0 Å². The number of likely N-dealkylation sites (N-methyl/N-ethyl adjacent to an activating group) is 1. The molecule has 2 nitrogen and oxygen atoms in total. The van der Waals surface area contributed by atoms with Gasteiger partial charge in [0.25, 0.3) is 0 Å². The van der Waals surface area contributed by atoms with E-state index in [1.807, 2.05) is 0 Å². The minimum absolute atomic E-state index is 0.266. The predicted octanol–water partition coefficient (Wildman–Crippen LogP) is 2.01. The van der Waals surface area contributed by atoms with E-state index in [2.05, 4.69) is 32.7 Å². The molecule has 1 rings (SSSR count). The summed E-state index contributed by atoms with van der Waals surface area (Å²) in [6.45, 7) is 8.96. The molecule has 0 aromatic heterocycles. The number of nitrogens with zero attached hydrogens (tertiary/aromatic N) is 1. The fraction of sp³-hybridized carbons (Fsp3) is 0.833. The van der Waals surface area contributed by atoms with Crippen LogP contribution in [0.3, 0.4) is 0 Å². The van der Waals surface area contributed by atoms with Crippen LogP contribution in [0.15, 0.2) is 11.1 Å². The Kier molecular flexibility index (Phi) is 4.14. The van der Waals surface area contributed by atoms with Gasteiger partial charge in [-0.05, 0) is 31.9 Å². The van der Waals surface area contributed by atoms with E-state index in [9.17, 15) is 0 Å². The normalized spacial score (nSPS) is 23.8. The molecule has 82 valence electrons. The monoisotopic (exact) mass is 196 g/mol. The molecule has 2 unspecified atom stereocenters. The van der Waals surface area contributed by atoms with Gasteiger partial charge in [-0.2, -0.15) is 0 Å². The van der Waals surface area contributed by atoms with Gasteiger partial charge in [-0.25, -0.2) is 0 Å². The minimum Gasteiger partial charge on any atom is -0.324 e. The van der Waals surface area contributed by atoms with Gasteiger partial charge < -0.3 is 10.6 Å². The summed E-state index contributed by atoms with van der Waals surface area (Å²) in [5.74, 6) is 0.603. The second-order valence-electron chi connectivity index (χ2n) is 4.70. The van der Waals surface area contributed by atoms with Gasteiger partial charge in [-0.15, -0.1) is 0 Å². The third-order valence-electron chi connectivity index (χ3n) is 3.52. The molecule has 0 saturated carbocycles. The molecule has 1 heterocycles. The summed E-state index contributed by atoms with van der Waals surface area (Å²) in [5, 5.41) is 0. The highest BCUT2D eigenvalue weighted by molar-refractivity contribution is 5.23. The molecule has 0 radical (unpaired) electrons. The molecule has 0 bridgehead atoms. The summed E-state index contributed by atoms with van der Waals surface area (Å²) in [5.41, 5.74) is 9.27. The van der Waals surface area contributed by atoms with Crippen molar-refractivity contribution in [2.75, 3.05) is 20.1 Å². The molecule has 14 heavy (non-hydrogen) atoms. The Hall–Kier alpha value is -0.340. The van der Waals surface area contributed by atoms with Crippen molar-refractivity contribution in [1.29, 1.82) is 0 Å². The first-order valence-corrected chi connectivity index (χ1v) is 5.68. The quantitative estimate of drug-likeness (QED) is 0.700. The first-order valence-electron chi connectivity index (χ1n) is 5.68. The zero-order valence-electron chi connectivity index (χ0n) is 10.0. The van der Waals surface area contributed by atoms with Crippen molar-refractivity contribution < 1.29 is 0 Å². The lowest BCUT2D eigenvalue weighted by atomic mass is 9.87. The maximum absolute atomic E-state index is 6.27. The molecular formula is C12H24N2. The summed E-state index contributed by atoms with van der Waals surface area (Å²) in [6, 6.07) is 0.266. The summed E-state index contributed by atoms with van der Waals surface area (Å²) in [4.78, 5) is 2.37. The molecule has 0 fully saturated rings. The Morgan fingerprint density at radius 2 is 2.14 bits per heavy atom. The van der Waals surface area contributed by atoms with Crippen molar-refractivity contribution >= 4 is 0 Å². The Bertz CT molecular complexity index is 220. The van der Waals surface area contributed by atoms with Crippen molar-refractivity contribution in [2.24, 2.45) is 11.7 Å². The van der Waals surface area contributed by atoms with E-state index in [0.29, 0.717) is 5.92 Å². The van der Waals surface area contributed by atoms with Gasteiger partial charge in [-0.3, -0.25) is 0 Å². The third kappa shape index (κ3) is 2.58. The second-order valence-corrected chi connectivity index (χ2v) is 4.70. The van der Waals surface area contributed by atoms with Crippen LogP contribution in [0.4, 0.5) is 0 Å². The molecule has 0 aromatic rings. The van der Waals surface area contributed by atoms with Crippen molar-refractivity contribution in [2.45, 2.75) is 39.7 Å². The smallest absolute Gasteiger partial charge is 0.0294 e. The lowest BCUT2D eigenvalue weighted by Crippen LogP contribution is -2.39. The Labute approximate surface area is 88.2 Å². The van der Waals surface area contributed by atoms with Crippen LogP contribution < -0.4 is 5.73 Å². The van der Waals surface area contributed by atoms with Crippen LogP contribution in [0.1, 0.15) is 33.6 Å². The van der Waals surface area contributed by atoms with Crippen molar-refractivity contribution in [3.63, 3.8) is 0 Å². The second kappa shape index (κ2) is 4.94. The van der Waals surface area contributed by atoms with Gasteiger partial charge >= 0.3 is 0 Å². The molecule has 0 aromatic carbocycles. The number of hydrogen-bond donors (Lipinski definition) is 1. The summed E-state index contributed by atoms with van der Waals surface area (Å²) in [7, 11) is 2.18. The van der Waals surface area contributed by atoms with E-state index in [1.165, 1.54) is 30.5 Å². The first kappa shape index (κ1) is 11.7. The molecule has 2 N–H and O–H groups in total. The Morgan fingerprint density at radius 1 is 1.50 bits per heavy atom. The van der Waals surface area contributed by atoms with E-state index in [1.54, 1.807) is 0 Å². The fourth-order valence-electron chi connectivity index (χ4n) is 2.01. The van der Waals surface area contributed by atoms with E-state index < -0.39 is 0 Å². The molecule has 0 spiro atoms. The maximum Gasteiger partial charge on any atom is 0.0294 e. The summed E-state index contributed by atoms with van der Waals surface area (Å²) in [6.07, 6.45) is 2.36. The molecule has 2 atom stereocenters. The fourth-order valence-corrected chi connectivity index (χ4v) is 2.01. The predicted molar refractivity (Wildman–Crippen MR) is 62.2 cm³/mol. The number of hydrogen-bond acceptors (Lipinski definition) is 2. The van der Waals surface area contributed by atoms with Gasteiger partial charge in [0.2, 0.25) is 0 Å². The van der Waals surface area contributed by atoms with Crippen LogP contribution in [0.5, 0.6) is 0 Å². The zero-order chi connectivity index (χ0) is 10.7. The average molecular weight is 196 g/mol. The minimum atomic E-state index is 0.266. The van der Waals surface area contributed by atoms with Gasteiger partial charge in [0.1, 0.15) is 0 Å². The van der Waals surface area contributed by atoms with E-state index in [0.717, 1.165) is 6.54 Å². The van der Waals surface area contributed by atoms with Crippen LogP contribution in [0, 0.1) is 5.92 Å². The first-order chi connectivity index (χ1) is 6.56. The van der Waals surface area contributed by atoms with E-state index >= 15 is 0 Å². The lowest BCUT2D eigenvalue weighted by Gasteiger charge is -2.32. The van der Waals surface area contributed by atoms with Gasteiger partial charge in [0.15, 0.2) is 0 Å². The van der Waals surface area contributed by atoms with E-state index in [4.69, 9.17) is 5.73 Å². The zero-order valence-corrected chi connectivity index (χ0v) is 10.0. The SMILES string of the molecule is CCC(C)C(N)C1=C(C)CCN(C)C1. The largest absolute Gasteiger partial charge is 0.324 e. The van der Waals surface area contributed by atoms with Crippen LogP contribution >= 0.6 is 0 Å². The number of rotatable bonds is 3. The lowest BCUT2D eigenvalue weighted by molar-refractivity contribution is 0.325. The van der Waals surface area contributed by atoms with Crippen LogP contribution in [-0.2, 0) is 0 Å². The van der Waals surface area contributed by atoms with Crippen molar-refractivity contribution in [3.05, 3.63) is 11.1 Å². The molecule has 0 aliphatic carbocycles. The van der Waals surface area contributed by atoms with Crippen LogP contribution in [0.2, 0.25) is 0 Å². The maximum atomic E-state index is 6.27. The molecule has 1 aliphatic heterocycles. The molecular weight excluding hydrogens is 172 g/mol. The molecule has 0 saturated heterocycles. The van der Waals surface area contributed by atoms with Gasteiger partial charge in [0, 0.05) is 19.1 Å². The third-order valence-corrected chi connectivity index (χ3v) is 3.52. The van der Waals surface area contributed by atoms with Gasteiger partial charge in [-0.1, -0.05) is 25.8 Å². The van der Waals surface area contributed by atoms with E-state index in [-0.39, 0.29) is 6.04 Å². The van der Waals surface area contributed by atoms with Crippen molar-refractivity contribution in [1.82, 2.24) is 4.90 Å². The van der Waals surface area contributed by atoms with Crippen LogP contribution in [0.25, 0.3) is 0 Å². The molecule has 1 aliphatic rings. The topological polar surface area (TPSA) is 29.3 Å². The van der Waals surface area contributed by atoms with Gasteiger partial charge in [0.05, 0.1) is 0 Å². The number of nitrogens with two attached hydrogens (primary N) is 1.